The predicted octanol–water partition coefficient (Wildman–Crippen LogP) is 3.46. The van der Waals surface area contributed by atoms with Crippen molar-refractivity contribution in [2.24, 2.45) is 0 Å². The molecular weight excluding hydrogens is 276 g/mol. The lowest BCUT2D eigenvalue weighted by Gasteiger charge is -2.41. The minimum Gasteiger partial charge on any atom is -0.496 e. The van der Waals surface area contributed by atoms with Gasteiger partial charge in [0.25, 0.3) is 0 Å². The fraction of sp³-hybridized carbons (Fsp3) is 0.333. The maximum Gasteiger partial charge on any atom is 0.235 e. The molecule has 1 aromatic heterocycles. The molecule has 0 radical (unpaired) electrons. The van der Waals surface area contributed by atoms with Crippen molar-refractivity contribution in [1.82, 2.24) is 4.98 Å². The summed E-state index contributed by atoms with van der Waals surface area (Å²) in [4.78, 5) is 17.1. The molecule has 0 atom stereocenters. The van der Waals surface area contributed by atoms with Crippen molar-refractivity contribution in [3.05, 3.63) is 53.9 Å². The molecule has 0 aliphatic heterocycles. The first-order chi connectivity index (χ1) is 10.7. The van der Waals surface area contributed by atoms with E-state index in [0.717, 1.165) is 42.0 Å². The Hall–Kier alpha value is -2.36. The fourth-order valence-corrected chi connectivity index (χ4v) is 3.06. The van der Waals surface area contributed by atoms with Crippen LogP contribution in [0.25, 0.3) is 0 Å². The van der Waals surface area contributed by atoms with E-state index in [1.807, 2.05) is 43.3 Å². The van der Waals surface area contributed by atoms with Crippen LogP contribution in [0.4, 0.5) is 5.69 Å². The Balaban J connectivity index is 1.91. The summed E-state index contributed by atoms with van der Waals surface area (Å²) in [6.07, 6.45) is 4.47. The average Bonchev–Trinajstić information content (AvgIpc) is 2.46. The number of carbonyl (C=O) groups is 1. The number of aromatic nitrogens is 1. The van der Waals surface area contributed by atoms with Crippen LogP contribution >= 0.6 is 0 Å². The van der Waals surface area contributed by atoms with Gasteiger partial charge in [-0.25, -0.2) is 0 Å². The highest BCUT2D eigenvalue weighted by molar-refractivity contribution is 6.00. The summed E-state index contributed by atoms with van der Waals surface area (Å²) in [5, 5.41) is 3.04. The maximum absolute atomic E-state index is 12.9. The second-order valence-corrected chi connectivity index (χ2v) is 5.78. The summed E-state index contributed by atoms with van der Waals surface area (Å²) in [5.41, 5.74) is 2.17. The third kappa shape index (κ3) is 2.45. The van der Waals surface area contributed by atoms with Gasteiger partial charge in [-0.1, -0.05) is 24.6 Å². The second kappa shape index (κ2) is 5.79. The molecule has 1 aromatic carbocycles. The van der Waals surface area contributed by atoms with E-state index in [1.54, 1.807) is 13.3 Å². The number of benzene rings is 1. The molecule has 0 bridgehead atoms. The summed E-state index contributed by atoms with van der Waals surface area (Å²) in [6, 6.07) is 11.5. The summed E-state index contributed by atoms with van der Waals surface area (Å²) < 4.78 is 5.46. The first-order valence-corrected chi connectivity index (χ1v) is 7.53. The maximum atomic E-state index is 12.9. The van der Waals surface area contributed by atoms with Crippen LogP contribution in [0.15, 0.2) is 42.6 Å². The van der Waals surface area contributed by atoms with Gasteiger partial charge >= 0.3 is 0 Å². The van der Waals surface area contributed by atoms with Gasteiger partial charge in [0.1, 0.15) is 5.75 Å². The highest BCUT2D eigenvalue weighted by Crippen LogP contribution is 2.47. The molecule has 1 heterocycles. The molecule has 0 spiro atoms. The van der Waals surface area contributed by atoms with Gasteiger partial charge in [-0.05, 0) is 38.0 Å². The number of anilines is 1. The minimum atomic E-state index is -0.482. The quantitative estimate of drug-likeness (QED) is 0.940. The Morgan fingerprint density at radius 2 is 2.05 bits per heavy atom. The lowest BCUT2D eigenvalue weighted by molar-refractivity contribution is -0.124. The number of hydrogen-bond donors (Lipinski definition) is 1. The molecule has 1 aliphatic carbocycles. The lowest BCUT2D eigenvalue weighted by Crippen LogP contribution is -2.46. The van der Waals surface area contributed by atoms with Crippen LogP contribution < -0.4 is 10.1 Å². The highest BCUT2D eigenvalue weighted by Gasteiger charge is 2.47. The van der Waals surface area contributed by atoms with Crippen molar-refractivity contribution in [3.63, 3.8) is 0 Å². The van der Waals surface area contributed by atoms with Crippen molar-refractivity contribution < 1.29 is 9.53 Å². The Bertz CT molecular complexity index is 693. The molecule has 1 saturated carbocycles. The molecule has 1 fully saturated rings. The van der Waals surface area contributed by atoms with Crippen LogP contribution in [-0.4, -0.2) is 18.0 Å². The van der Waals surface area contributed by atoms with Crippen molar-refractivity contribution in [2.75, 3.05) is 12.4 Å². The van der Waals surface area contributed by atoms with Gasteiger partial charge in [0.05, 0.1) is 12.5 Å². The number of methoxy groups -OCH3 is 1. The van der Waals surface area contributed by atoms with E-state index in [1.165, 1.54) is 0 Å². The first kappa shape index (κ1) is 14.6. The predicted molar refractivity (Wildman–Crippen MR) is 86.1 cm³/mol. The van der Waals surface area contributed by atoms with Gasteiger partial charge in [-0.15, -0.1) is 0 Å². The smallest absolute Gasteiger partial charge is 0.235 e. The zero-order valence-corrected chi connectivity index (χ0v) is 12.9. The number of nitrogens with zero attached hydrogens (tertiary/aromatic N) is 1. The Labute approximate surface area is 130 Å². The van der Waals surface area contributed by atoms with E-state index in [2.05, 4.69) is 10.3 Å². The monoisotopic (exact) mass is 296 g/mol. The molecule has 4 nitrogen and oxygen atoms in total. The topological polar surface area (TPSA) is 51.2 Å². The highest BCUT2D eigenvalue weighted by atomic mass is 16.5. The van der Waals surface area contributed by atoms with Crippen molar-refractivity contribution in [1.29, 1.82) is 0 Å². The molecule has 2 aromatic rings. The summed E-state index contributed by atoms with van der Waals surface area (Å²) >= 11 is 0. The van der Waals surface area contributed by atoms with Crippen LogP contribution in [-0.2, 0) is 10.2 Å². The summed E-state index contributed by atoms with van der Waals surface area (Å²) in [6.45, 7) is 1.91. The number of ether oxygens (including phenoxy) is 1. The van der Waals surface area contributed by atoms with E-state index >= 15 is 0 Å². The average molecular weight is 296 g/mol. The minimum absolute atomic E-state index is 0.0360. The van der Waals surface area contributed by atoms with Gasteiger partial charge in [-0.2, -0.15) is 0 Å². The number of pyridine rings is 1. The number of hydrogen-bond acceptors (Lipinski definition) is 3. The van der Waals surface area contributed by atoms with Crippen LogP contribution in [0.5, 0.6) is 5.75 Å². The van der Waals surface area contributed by atoms with Crippen molar-refractivity contribution >= 4 is 11.6 Å². The molecule has 1 aliphatic rings. The SMILES string of the molecule is COc1ccccc1C1(C(=O)Nc2ccnc(C)c2)CCC1. The van der Waals surface area contributed by atoms with Gasteiger partial charge in [0.15, 0.2) is 0 Å². The Morgan fingerprint density at radius 3 is 2.68 bits per heavy atom. The first-order valence-electron chi connectivity index (χ1n) is 7.53. The van der Waals surface area contributed by atoms with E-state index in [4.69, 9.17) is 4.74 Å². The standard InChI is InChI=1S/C18H20N2O2/c1-13-12-14(8-11-19-13)20-17(21)18(9-5-10-18)15-6-3-4-7-16(15)22-2/h3-4,6-8,11-12H,5,9-10H2,1-2H3,(H,19,20,21). The normalized spacial score (nSPS) is 15.7. The molecule has 1 N–H and O–H groups in total. The molecule has 4 heteroatoms. The third-order valence-corrected chi connectivity index (χ3v) is 4.42. The van der Waals surface area contributed by atoms with Gasteiger partial charge in [0.2, 0.25) is 5.91 Å². The van der Waals surface area contributed by atoms with Crippen LogP contribution in [0.3, 0.4) is 0 Å². The number of aryl methyl sites for hydroxylation is 1. The van der Waals surface area contributed by atoms with E-state index in [9.17, 15) is 4.79 Å². The van der Waals surface area contributed by atoms with E-state index in [-0.39, 0.29) is 5.91 Å². The van der Waals surface area contributed by atoms with Gasteiger partial charge in [-0.3, -0.25) is 9.78 Å². The zero-order valence-electron chi connectivity index (χ0n) is 12.9. The second-order valence-electron chi connectivity index (χ2n) is 5.78. The molecule has 0 saturated heterocycles. The van der Waals surface area contributed by atoms with Crippen LogP contribution in [0, 0.1) is 6.92 Å². The molecule has 22 heavy (non-hydrogen) atoms. The molecule has 1 amide bonds. The Kier molecular flexibility index (Phi) is 3.84. The molecular formula is C18H20N2O2. The number of nitrogens with one attached hydrogen (secondary N) is 1. The fourth-order valence-electron chi connectivity index (χ4n) is 3.06. The van der Waals surface area contributed by atoms with Gasteiger partial charge in [0, 0.05) is 23.1 Å². The van der Waals surface area contributed by atoms with Crippen molar-refractivity contribution in [3.8, 4) is 5.75 Å². The van der Waals surface area contributed by atoms with E-state index in [0.29, 0.717) is 0 Å². The Morgan fingerprint density at radius 1 is 1.27 bits per heavy atom. The van der Waals surface area contributed by atoms with Crippen molar-refractivity contribution in [2.45, 2.75) is 31.6 Å². The third-order valence-electron chi connectivity index (χ3n) is 4.42. The molecule has 114 valence electrons. The number of amides is 1. The van der Waals surface area contributed by atoms with Gasteiger partial charge < -0.3 is 10.1 Å². The number of para-hydroxylation sites is 1. The lowest BCUT2D eigenvalue weighted by atomic mass is 9.63. The number of rotatable bonds is 4. The van der Waals surface area contributed by atoms with Crippen LogP contribution in [0.1, 0.15) is 30.5 Å². The molecule has 0 unspecified atom stereocenters. The number of carbonyl (C=O) groups excluding carboxylic acids is 1. The molecule has 3 rings (SSSR count). The largest absolute Gasteiger partial charge is 0.496 e. The van der Waals surface area contributed by atoms with E-state index < -0.39 is 5.41 Å². The summed E-state index contributed by atoms with van der Waals surface area (Å²) in [5.74, 6) is 0.817. The summed E-state index contributed by atoms with van der Waals surface area (Å²) in [7, 11) is 1.65. The van der Waals surface area contributed by atoms with Crippen LogP contribution in [0.2, 0.25) is 0 Å². The zero-order chi connectivity index (χ0) is 15.6.